The van der Waals surface area contributed by atoms with Crippen LogP contribution >= 0.6 is 11.8 Å². The molecule has 0 fully saturated rings. The van der Waals surface area contributed by atoms with E-state index >= 15 is 0 Å². The van der Waals surface area contributed by atoms with Crippen molar-refractivity contribution in [1.29, 1.82) is 0 Å². The molecule has 1 amide bonds. The number of benzene rings is 2. The molecule has 128 valence electrons. The summed E-state index contributed by atoms with van der Waals surface area (Å²) >= 11 is 1.41. The monoisotopic (exact) mass is 353 g/mol. The van der Waals surface area contributed by atoms with E-state index in [9.17, 15) is 4.79 Å². The fraction of sp³-hybridized carbons (Fsp3) is 0.158. The van der Waals surface area contributed by atoms with E-state index in [2.05, 4.69) is 23.3 Å². The predicted molar refractivity (Wildman–Crippen MR) is 101 cm³/mol. The first-order valence-electron chi connectivity index (χ1n) is 7.83. The van der Waals surface area contributed by atoms with E-state index in [1.54, 1.807) is 13.3 Å². The highest BCUT2D eigenvalue weighted by molar-refractivity contribution is 7.99. The summed E-state index contributed by atoms with van der Waals surface area (Å²) in [6, 6.07) is 15.4. The topological polar surface area (TPSA) is 56.1 Å². The number of aromatic nitrogens is 2. The van der Waals surface area contributed by atoms with Gasteiger partial charge in [0.1, 0.15) is 5.75 Å². The molecule has 1 heterocycles. The zero-order chi connectivity index (χ0) is 17.6. The molecule has 0 radical (unpaired) electrons. The van der Waals surface area contributed by atoms with Gasteiger partial charge in [-0.3, -0.25) is 9.36 Å². The largest absolute Gasteiger partial charge is 0.497 e. The van der Waals surface area contributed by atoms with Gasteiger partial charge in [-0.15, -0.1) is 0 Å². The van der Waals surface area contributed by atoms with Crippen molar-refractivity contribution in [2.75, 3.05) is 18.2 Å². The highest BCUT2D eigenvalue weighted by atomic mass is 32.2. The molecule has 0 spiro atoms. The van der Waals surface area contributed by atoms with Gasteiger partial charge in [-0.1, -0.05) is 30.0 Å². The molecule has 3 aromatic rings. The van der Waals surface area contributed by atoms with Gasteiger partial charge in [0.2, 0.25) is 5.91 Å². The summed E-state index contributed by atoms with van der Waals surface area (Å²) in [5.41, 5.74) is 2.97. The van der Waals surface area contributed by atoms with Crippen LogP contribution in [0.5, 0.6) is 5.75 Å². The summed E-state index contributed by atoms with van der Waals surface area (Å²) in [6.45, 7) is 2.06. The van der Waals surface area contributed by atoms with Gasteiger partial charge in [-0.2, -0.15) is 0 Å². The molecule has 3 rings (SSSR count). The van der Waals surface area contributed by atoms with E-state index in [4.69, 9.17) is 4.74 Å². The van der Waals surface area contributed by atoms with Crippen molar-refractivity contribution in [3.63, 3.8) is 0 Å². The number of ether oxygens (including phenoxy) is 1. The molecule has 0 bridgehead atoms. The first-order valence-corrected chi connectivity index (χ1v) is 8.82. The van der Waals surface area contributed by atoms with Crippen molar-refractivity contribution in [2.24, 2.45) is 0 Å². The number of rotatable bonds is 6. The van der Waals surface area contributed by atoms with Gasteiger partial charge in [0.25, 0.3) is 0 Å². The Balaban J connectivity index is 1.63. The molecular weight excluding hydrogens is 334 g/mol. The van der Waals surface area contributed by atoms with Crippen LogP contribution in [0.2, 0.25) is 0 Å². The Morgan fingerprint density at radius 3 is 2.68 bits per heavy atom. The van der Waals surface area contributed by atoms with Crippen molar-refractivity contribution in [3.05, 3.63) is 66.5 Å². The molecule has 25 heavy (non-hydrogen) atoms. The third kappa shape index (κ3) is 4.22. The van der Waals surface area contributed by atoms with Crippen molar-refractivity contribution < 1.29 is 9.53 Å². The molecule has 0 aliphatic carbocycles. The number of aryl methyl sites for hydroxylation is 1. The minimum atomic E-state index is -0.0745. The Morgan fingerprint density at radius 1 is 1.20 bits per heavy atom. The fourth-order valence-electron chi connectivity index (χ4n) is 2.42. The second-order valence-electron chi connectivity index (χ2n) is 5.43. The number of imidazole rings is 1. The number of amides is 1. The van der Waals surface area contributed by atoms with Crippen LogP contribution in [0.25, 0.3) is 5.69 Å². The zero-order valence-corrected chi connectivity index (χ0v) is 14.9. The van der Waals surface area contributed by atoms with E-state index in [1.807, 2.05) is 53.2 Å². The van der Waals surface area contributed by atoms with Crippen molar-refractivity contribution in [2.45, 2.75) is 12.1 Å². The summed E-state index contributed by atoms with van der Waals surface area (Å²) in [5, 5.41) is 3.66. The average Bonchev–Trinajstić information content (AvgIpc) is 3.09. The fourth-order valence-corrected chi connectivity index (χ4v) is 3.18. The molecular formula is C19H19N3O2S. The van der Waals surface area contributed by atoms with Crippen LogP contribution in [0, 0.1) is 6.92 Å². The number of carbonyl (C=O) groups excluding carboxylic acids is 1. The maximum absolute atomic E-state index is 12.2. The minimum absolute atomic E-state index is 0.0745. The van der Waals surface area contributed by atoms with Gasteiger partial charge >= 0.3 is 0 Å². The second-order valence-corrected chi connectivity index (χ2v) is 6.37. The molecule has 0 unspecified atom stereocenters. The van der Waals surface area contributed by atoms with Crippen LogP contribution < -0.4 is 10.1 Å². The third-order valence-corrected chi connectivity index (χ3v) is 4.65. The Bertz CT molecular complexity index is 859. The van der Waals surface area contributed by atoms with Crippen LogP contribution in [0.4, 0.5) is 5.69 Å². The number of hydrogen-bond acceptors (Lipinski definition) is 4. The predicted octanol–water partition coefficient (Wildman–Crippen LogP) is 3.92. The van der Waals surface area contributed by atoms with E-state index < -0.39 is 0 Å². The van der Waals surface area contributed by atoms with E-state index in [0.717, 1.165) is 27.8 Å². The van der Waals surface area contributed by atoms with Gasteiger partial charge in [0.15, 0.2) is 5.16 Å². The van der Waals surface area contributed by atoms with Gasteiger partial charge in [0.05, 0.1) is 18.6 Å². The molecule has 0 atom stereocenters. The summed E-state index contributed by atoms with van der Waals surface area (Å²) in [6.07, 6.45) is 3.65. The summed E-state index contributed by atoms with van der Waals surface area (Å²) < 4.78 is 7.11. The SMILES string of the molecule is COc1ccc(NC(=O)CSc2nccn2-c2ccccc2C)cc1. The number of thioether (sulfide) groups is 1. The second kappa shape index (κ2) is 7.90. The zero-order valence-electron chi connectivity index (χ0n) is 14.1. The van der Waals surface area contributed by atoms with Gasteiger partial charge < -0.3 is 10.1 Å². The van der Waals surface area contributed by atoms with E-state index in [1.165, 1.54) is 11.8 Å². The maximum Gasteiger partial charge on any atom is 0.234 e. The first-order chi connectivity index (χ1) is 12.2. The van der Waals surface area contributed by atoms with Crippen LogP contribution in [-0.2, 0) is 4.79 Å². The molecule has 0 aliphatic rings. The standard InChI is InChI=1S/C19H19N3O2S/c1-14-5-3-4-6-17(14)22-12-11-20-19(22)25-13-18(23)21-15-7-9-16(24-2)10-8-15/h3-12H,13H2,1-2H3,(H,21,23). The highest BCUT2D eigenvalue weighted by Gasteiger charge is 2.10. The lowest BCUT2D eigenvalue weighted by Crippen LogP contribution is -2.14. The molecule has 2 aromatic carbocycles. The number of nitrogens with one attached hydrogen (secondary N) is 1. The third-order valence-electron chi connectivity index (χ3n) is 3.69. The van der Waals surface area contributed by atoms with Crippen LogP contribution in [0.15, 0.2) is 66.1 Å². The van der Waals surface area contributed by atoms with Crippen molar-refractivity contribution in [1.82, 2.24) is 9.55 Å². The van der Waals surface area contributed by atoms with Crippen molar-refractivity contribution in [3.8, 4) is 11.4 Å². The van der Waals surface area contributed by atoms with E-state index in [-0.39, 0.29) is 11.7 Å². The number of anilines is 1. The normalized spacial score (nSPS) is 10.5. The summed E-state index contributed by atoms with van der Waals surface area (Å²) in [7, 11) is 1.61. The lowest BCUT2D eigenvalue weighted by Gasteiger charge is -2.10. The summed E-state index contributed by atoms with van der Waals surface area (Å²) in [4.78, 5) is 16.5. The van der Waals surface area contributed by atoms with Crippen LogP contribution in [0.3, 0.4) is 0 Å². The van der Waals surface area contributed by atoms with E-state index in [0.29, 0.717) is 0 Å². The Kier molecular flexibility index (Phi) is 5.40. The number of nitrogens with zero attached hydrogens (tertiary/aromatic N) is 2. The number of para-hydroxylation sites is 1. The number of methoxy groups -OCH3 is 1. The Morgan fingerprint density at radius 2 is 1.96 bits per heavy atom. The lowest BCUT2D eigenvalue weighted by atomic mass is 10.2. The molecule has 5 nitrogen and oxygen atoms in total. The van der Waals surface area contributed by atoms with Gasteiger partial charge in [0, 0.05) is 18.1 Å². The molecule has 0 aliphatic heterocycles. The molecule has 6 heteroatoms. The number of carbonyl (C=O) groups is 1. The molecule has 1 aromatic heterocycles. The van der Waals surface area contributed by atoms with Crippen LogP contribution in [-0.4, -0.2) is 28.3 Å². The van der Waals surface area contributed by atoms with Crippen LogP contribution in [0.1, 0.15) is 5.56 Å². The van der Waals surface area contributed by atoms with Crippen molar-refractivity contribution >= 4 is 23.4 Å². The smallest absolute Gasteiger partial charge is 0.234 e. The molecule has 1 N–H and O–H groups in total. The average molecular weight is 353 g/mol. The maximum atomic E-state index is 12.2. The molecule has 0 saturated carbocycles. The quantitative estimate of drug-likeness (QED) is 0.683. The van der Waals surface area contributed by atoms with Gasteiger partial charge in [-0.25, -0.2) is 4.98 Å². The first kappa shape index (κ1) is 17.1. The Hall–Kier alpha value is -2.73. The Labute approximate surface area is 151 Å². The highest BCUT2D eigenvalue weighted by Crippen LogP contribution is 2.23. The summed E-state index contributed by atoms with van der Waals surface area (Å²) in [5.74, 6) is 0.969. The number of hydrogen-bond donors (Lipinski definition) is 1. The minimum Gasteiger partial charge on any atom is -0.497 e. The lowest BCUT2D eigenvalue weighted by molar-refractivity contribution is -0.113. The van der Waals surface area contributed by atoms with Gasteiger partial charge in [-0.05, 0) is 42.8 Å². The molecule has 0 saturated heterocycles.